The molecule has 2 rings (SSSR count). The van der Waals surface area contributed by atoms with Gasteiger partial charge in [-0.2, -0.15) is 0 Å². The lowest BCUT2D eigenvalue weighted by molar-refractivity contribution is -0.141. The molecule has 0 radical (unpaired) electrons. The van der Waals surface area contributed by atoms with Crippen LogP contribution < -0.4 is 14.4 Å². The van der Waals surface area contributed by atoms with Crippen LogP contribution in [0, 0.1) is 6.92 Å². The highest BCUT2D eigenvalue weighted by Gasteiger charge is 2.33. The van der Waals surface area contributed by atoms with Gasteiger partial charge in [0.2, 0.25) is 21.8 Å². The first-order valence-corrected chi connectivity index (χ1v) is 13.4. The maximum absolute atomic E-state index is 13.7. The highest BCUT2D eigenvalue weighted by molar-refractivity contribution is 7.92. The fraction of sp³-hybridized carbons (Fsp3) is 0.462. The van der Waals surface area contributed by atoms with Gasteiger partial charge in [0, 0.05) is 12.1 Å². The van der Waals surface area contributed by atoms with Crippen molar-refractivity contribution in [3.8, 4) is 5.75 Å². The number of amides is 2. The number of nitrogens with zero attached hydrogens (tertiary/aromatic N) is 2. The Morgan fingerprint density at radius 2 is 1.71 bits per heavy atom. The lowest BCUT2D eigenvalue weighted by Gasteiger charge is -2.34. The van der Waals surface area contributed by atoms with Crippen LogP contribution in [0.2, 0.25) is 0 Å². The van der Waals surface area contributed by atoms with Gasteiger partial charge in [-0.3, -0.25) is 13.9 Å². The van der Waals surface area contributed by atoms with Gasteiger partial charge < -0.3 is 15.0 Å². The van der Waals surface area contributed by atoms with Gasteiger partial charge in [-0.1, -0.05) is 31.2 Å². The smallest absolute Gasteiger partial charge is 0.244 e. The SMILES string of the molecule is CC[C@@H](C(=O)NC(C)(C)C)N(Cc1ccc(OC)cc1)C(=O)CN(c1cccc(C)c1)S(C)(=O)=O. The van der Waals surface area contributed by atoms with Crippen molar-refractivity contribution in [1.29, 1.82) is 0 Å². The van der Waals surface area contributed by atoms with Gasteiger partial charge in [-0.25, -0.2) is 8.42 Å². The number of carbonyl (C=O) groups excluding carboxylic acids is 2. The molecule has 0 bridgehead atoms. The van der Waals surface area contributed by atoms with Crippen molar-refractivity contribution >= 4 is 27.5 Å². The standard InChI is InChI=1S/C26H37N3O5S/c1-8-23(25(31)27-26(3,4)5)28(17-20-12-14-22(34-6)15-13-20)24(30)18-29(35(7,32)33)21-11-9-10-19(2)16-21/h9-16,23H,8,17-18H2,1-7H3,(H,27,31)/t23-/m0/s1. The number of carbonyl (C=O) groups is 2. The van der Waals surface area contributed by atoms with E-state index in [2.05, 4.69) is 5.32 Å². The quantitative estimate of drug-likeness (QED) is 0.535. The fourth-order valence-electron chi connectivity index (χ4n) is 3.70. The van der Waals surface area contributed by atoms with Crippen LogP contribution in [0.1, 0.15) is 45.2 Å². The number of sulfonamides is 1. The van der Waals surface area contributed by atoms with Gasteiger partial charge >= 0.3 is 0 Å². The summed E-state index contributed by atoms with van der Waals surface area (Å²) in [5, 5.41) is 2.95. The number of aryl methyl sites for hydroxylation is 1. The zero-order valence-corrected chi connectivity index (χ0v) is 22.5. The Hall–Kier alpha value is -3.07. The van der Waals surface area contributed by atoms with E-state index in [0.717, 1.165) is 21.7 Å². The van der Waals surface area contributed by atoms with Crippen molar-refractivity contribution in [1.82, 2.24) is 10.2 Å². The van der Waals surface area contributed by atoms with Gasteiger partial charge in [0.05, 0.1) is 19.1 Å². The predicted molar refractivity (Wildman–Crippen MR) is 139 cm³/mol. The van der Waals surface area contributed by atoms with E-state index in [1.54, 1.807) is 37.4 Å². The van der Waals surface area contributed by atoms with Gasteiger partial charge in [-0.15, -0.1) is 0 Å². The van der Waals surface area contributed by atoms with Crippen molar-refractivity contribution in [2.45, 2.75) is 59.2 Å². The van der Waals surface area contributed by atoms with Crippen LogP contribution in [0.25, 0.3) is 0 Å². The third-order valence-corrected chi connectivity index (χ3v) is 6.51. The first-order valence-electron chi connectivity index (χ1n) is 11.5. The summed E-state index contributed by atoms with van der Waals surface area (Å²) < 4.78 is 31.6. The van der Waals surface area contributed by atoms with E-state index in [1.807, 2.05) is 52.8 Å². The molecule has 0 spiro atoms. The molecule has 2 amide bonds. The number of hydrogen-bond donors (Lipinski definition) is 1. The molecule has 1 atom stereocenters. The number of nitrogens with one attached hydrogen (secondary N) is 1. The van der Waals surface area contributed by atoms with Crippen LogP contribution >= 0.6 is 0 Å². The second-order valence-electron chi connectivity index (χ2n) is 9.64. The van der Waals surface area contributed by atoms with Crippen molar-refractivity contribution in [3.63, 3.8) is 0 Å². The first-order chi connectivity index (χ1) is 16.2. The highest BCUT2D eigenvalue weighted by Crippen LogP contribution is 2.21. The number of methoxy groups -OCH3 is 1. The number of hydrogen-bond acceptors (Lipinski definition) is 5. The first kappa shape index (κ1) is 28.2. The van der Waals surface area contributed by atoms with Crippen LogP contribution in [-0.4, -0.2) is 56.6 Å². The van der Waals surface area contributed by atoms with Crippen molar-refractivity contribution in [2.24, 2.45) is 0 Å². The zero-order chi connectivity index (χ0) is 26.4. The molecular formula is C26H37N3O5S. The second kappa shape index (κ2) is 11.6. The molecule has 0 aliphatic carbocycles. The maximum atomic E-state index is 13.7. The molecule has 2 aromatic rings. The summed E-state index contributed by atoms with van der Waals surface area (Å²) in [5.41, 5.74) is 1.58. The van der Waals surface area contributed by atoms with Crippen LogP contribution in [-0.2, 0) is 26.2 Å². The number of rotatable bonds is 10. The van der Waals surface area contributed by atoms with Crippen molar-refractivity contribution in [2.75, 3.05) is 24.2 Å². The van der Waals surface area contributed by atoms with E-state index in [4.69, 9.17) is 4.74 Å². The number of benzene rings is 2. The highest BCUT2D eigenvalue weighted by atomic mass is 32.2. The molecular weight excluding hydrogens is 466 g/mol. The maximum Gasteiger partial charge on any atom is 0.244 e. The Bertz CT molecular complexity index is 1120. The van der Waals surface area contributed by atoms with Gasteiger partial charge in [-0.05, 0) is 69.5 Å². The summed E-state index contributed by atoms with van der Waals surface area (Å²) >= 11 is 0. The molecule has 0 unspecified atom stereocenters. The normalized spacial score (nSPS) is 12.5. The molecule has 9 heteroatoms. The lowest BCUT2D eigenvalue weighted by atomic mass is 10.1. The van der Waals surface area contributed by atoms with Crippen molar-refractivity contribution in [3.05, 3.63) is 59.7 Å². The minimum atomic E-state index is -3.76. The van der Waals surface area contributed by atoms with E-state index in [-0.39, 0.29) is 12.5 Å². The minimum Gasteiger partial charge on any atom is -0.497 e. The summed E-state index contributed by atoms with van der Waals surface area (Å²) in [6, 6.07) is 13.4. The molecule has 1 N–H and O–H groups in total. The number of ether oxygens (including phenoxy) is 1. The minimum absolute atomic E-state index is 0.143. The molecule has 35 heavy (non-hydrogen) atoms. The molecule has 0 saturated carbocycles. The second-order valence-corrected chi connectivity index (χ2v) is 11.5. The van der Waals surface area contributed by atoms with Gasteiger partial charge in [0.25, 0.3) is 0 Å². The van der Waals surface area contributed by atoms with Gasteiger partial charge in [0.1, 0.15) is 18.3 Å². The van der Waals surface area contributed by atoms with E-state index < -0.39 is 34.1 Å². The summed E-state index contributed by atoms with van der Waals surface area (Å²) in [4.78, 5) is 28.3. The third kappa shape index (κ3) is 8.28. The zero-order valence-electron chi connectivity index (χ0n) is 21.7. The summed E-state index contributed by atoms with van der Waals surface area (Å²) in [5.74, 6) is -0.0844. The van der Waals surface area contributed by atoms with E-state index >= 15 is 0 Å². The van der Waals surface area contributed by atoms with Crippen molar-refractivity contribution < 1.29 is 22.7 Å². The molecule has 2 aromatic carbocycles. The fourth-order valence-corrected chi connectivity index (χ4v) is 4.54. The molecule has 0 aromatic heterocycles. The Balaban J connectivity index is 2.45. The van der Waals surface area contributed by atoms with Crippen LogP contribution in [0.5, 0.6) is 5.75 Å². The van der Waals surface area contributed by atoms with Crippen LogP contribution in [0.3, 0.4) is 0 Å². The topological polar surface area (TPSA) is 96.0 Å². The average molecular weight is 504 g/mol. The van der Waals surface area contributed by atoms with E-state index in [9.17, 15) is 18.0 Å². The molecule has 0 saturated heterocycles. The summed E-state index contributed by atoms with van der Waals surface area (Å²) in [6.45, 7) is 9.02. The lowest BCUT2D eigenvalue weighted by Crippen LogP contribution is -2.55. The van der Waals surface area contributed by atoms with Crippen LogP contribution in [0.15, 0.2) is 48.5 Å². The van der Waals surface area contributed by atoms with Gasteiger partial charge in [0.15, 0.2) is 0 Å². The summed E-state index contributed by atoms with van der Waals surface area (Å²) in [6.07, 6.45) is 1.44. The molecule has 192 valence electrons. The van der Waals surface area contributed by atoms with Crippen LogP contribution in [0.4, 0.5) is 5.69 Å². The predicted octanol–water partition coefficient (Wildman–Crippen LogP) is 3.49. The van der Waals surface area contributed by atoms with E-state index in [0.29, 0.717) is 17.9 Å². The third-order valence-electron chi connectivity index (χ3n) is 5.36. The molecule has 8 nitrogen and oxygen atoms in total. The molecule has 0 heterocycles. The molecule has 0 aliphatic rings. The Labute approximate surface area is 209 Å². The average Bonchev–Trinajstić information content (AvgIpc) is 2.75. The number of anilines is 1. The van der Waals surface area contributed by atoms with E-state index in [1.165, 1.54) is 4.90 Å². The Kier molecular flexibility index (Phi) is 9.31. The largest absolute Gasteiger partial charge is 0.497 e. The summed E-state index contributed by atoms with van der Waals surface area (Å²) in [7, 11) is -2.19. The Morgan fingerprint density at radius 1 is 1.09 bits per heavy atom. The molecule has 0 aliphatic heterocycles. The Morgan fingerprint density at radius 3 is 2.20 bits per heavy atom. The molecule has 0 fully saturated rings. The monoisotopic (exact) mass is 503 g/mol.